The Morgan fingerprint density at radius 2 is 2.28 bits per heavy atom. The van der Waals surface area contributed by atoms with Gasteiger partial charge in [0.1, 0.15) is 6.04 Å². The maximum absolute atomic E-state index is 12.0. The number of aliphatic hydroxyl groups is 1. The number of ether oxygens (including phenoxy) is 1. The van der Waals surface area contributed by atoms with Crippen LogP contribution in [-0.2, 0) is 9.53 Å². The van der Waals surface area contributed by atoms with E-state index in [-0.39, 0.29) is 24.6 Å². The molecule has 3 N–H and O–H groups in total. The fraction of sp³-hybridized carbons (Fsp3) is 0.462. The van der Waals surface area contributed by atoms with Gasteiger partial charge < -0.3 is 20.5 Å². The first-order chi connectivity index (χ1) is 8.81. The number of carbonyl (C=O) groups excluding carboxylic acids is 1. The van der Waals surface area contributed by atoms with Crippen LogP contribution >= 0.6 is 0 Å². The van der Waals surface area contributed by atoms with Gasteiger partial charge in [-0.3, -0.25) is 4.79 Å². The van der Waals surface area contributed by atoms with Gasteiger partial charge in [-0.15, -0.1) is 0 Å². The number of morpholine rings is 1. The molecular weight excluding hydrogens is 232 g/mol. The highest BCUT2D eigenvalue weighted by Crippen LogP contribution is 2.11. The van der Waals surface area contributed by atoms with E-state index in [0.29, 0.717) is 19.8 Å². The molecule has 2 atom stereocenters. The zero-order chi connectivity index (χ0) is 12.8. The number of hydrogen-bond acceptors (Lipinski definition) is 4. The van der Waals surface area contributed by atoms with E-state index in [4.69, 9.17) is 4.74 Å². The molecular formula is C13H18N2O3. The standard InChI is InChI=1S/C13H18N2O3/c16-8-11(10-4-2-1-3-5-10)15-13(17)12-9-18-7-6-14-12/h1-5,11-12,14,16H,6-9H2,(H,15,17). The van der Waals surface area contributed by atoms with E-state index in [2.05, 4.69) is 10.6 Å². The molecule has 1 aliphatic heterocycles. The molecule has 1 aromatic rings. The summed E-state index contributed by atoms with van der Waals surface area (Å²) in [6.45, 7) is 1.56. The second kappa shape index (κ2) is 6.49. The van der Waals surface area contributed by atoms with E-state index >= 15 is 0 Å². The number of rotatable bonds is 4. The first-order valence-electron chi connectivity index (χ1n) is 6.08. The van der Waals surface area contributed by atoms with Crippen LogP contribution in [0.1, 0.15) is 11.6 Å². The molecule has 18 heavy (non-hydrogen) atoms. The van der Waals surface area contributed by atoms with Crippen molar-refractivity contribution in [3.63, 3.8) is 0 Å². The Labute approximate surface area is 106 Å². The molecule has 0 bridgehead atoms. The molecule has 1 aromatic carbocycles. The van der Waals surface area contributed by atoms with Crippen LogP contribution in [0.3, 0.4) is 0 Å². The summed E-state index contributed by atoms with van der Waals surface area (Å²) in [6, 6.07) is 8.71. The number of carbonyl (C=O) groups is 1. The van der Waals surface area contributed by atoms with E-state index in [0.717, 1.165) is 5.56 Å². The molecule has 0 saturated carbocycles. The molecule has 0 radical (unpaired) electrons. The number of hydrogen-bond donors (Lipinski definition) is 3. The van der Waals surface area contributed by atoms with Crippen molar-refractivity contribution in [2.75, 3.05) is 26.4 Å². The van der Waals surface area contributed by atoms with Gasteiger partial charge in [0, 0.05) is 6.54 Å². The van der Waals surface area contributed by atoms with Crippen molar-refractivity contribution < 1.29 is 14.6 Å². The number of benzene rings is 1. The zero-order valence-corrected chi connectivity index (χ0v) is 10.1. The van der Waals surface area contributed by atoms with Gasteiger partial charge in [0.15, 0.2) is 0 Å². The SMILES string of the molecule is O=C(NC(CO)c1ccccc1)C1COCCN1. The molecule has 2 rings (SSSR count). The summed E-state index contributed by atoms with van der Waals surface area (Å²) >= 11 is 0. The van der Waals surface area contributed by atoms with Crippen molar-refractivity contribution >= 4 is 5.91 Å². The summed E-state index contributed by atoms with van der Waals surface area (Å²) < 4.78 is 5.24. The molecule has 1 saturated heterocycles. The van der Waals surface area contributed by atoms with Crippen LogP contribution in [0.15, 0.2) is 30.3 Å². The van der Waals surface area contributed by atoms with Crippen molar-refractivity contribution in [3.8, 4) is 0 Å². The second-order valence-electron chi connectivity index (χ2n) is 4.24. The van der Waals surface area contributed by atoms with Gasteiger partial charge in [-0.25, -0.2) is 0 Å². The average Bonchev–Trinajstić information content (AvgIpc) is 2.46. The van der Waals surface area contributed by atoms with Crippen LogP contribution in [0.4, 0.5) is 0 Å². The highest BCUT2D eigenvalue weighted by Gasteiger charge is 2.23. The Hall–Kier alpha value is -1.43. The van der Waals surface area contributed by atoms with Crippen LogP contribution in [0, 0.1) is 0 Å². The fourth-order valence-electron chi connectivity index (χ4n) is 1.93. The Morgan fingerprint density at radius 1 is 1.50 bits per heavy atom. The Kier molecular flexibility index (Phi) is 4.69. The Bertz CT molecular complexity index is 377. The smallest absolute Gasteiger partial charge is 0.240 e. The van der Waals surface area contributed by atoms with Crippen molar-refractivity contribution in [2.45, 2.75) is 12.1 Å². The highest BCUT2D eigenvalue weighted by atomic mass is 16.5. The Morgan fingerprint density at radius 3 is 2.89 bits per heavy atom. The van der Waals surface area contributed by atoms with E-state index < -0.39 is 0 Å². The van der Waals surface area contributed by atoms with Crippen LogP contribution in [-0.4, -0.2) is 43.4 Å². The minimum absolute atomic E-state index is 0.122. The summed E-state index contributed by atoms with van der Waals surface area (Å²) in [5, 5.41) is 15.3. The third-order valence-corrected chi connectivity index (χ3v) is 2.94. The summed E-state index contributed by atoms with van der Waals surface area (Å²) in [4.78, 5) is 12.0. The predicted molar refractivity (Wildman–Crippen MR) is 67.0 cm³/mol. The van der Waals surface area contributed by atoms with Crippen LogP contribution < -0.4 is 10.6 Å². The second-order valence-corrected chi connectivity index (χ2v) is 4.24. The molecule has 5 nitrogen and oxygen atoms in total. The average molecular weight is 250 g/mol. The number of nitrogens with one attached hydrogen (secondary N) is 2. The van der Waals surface area contributed by atoms with Gasteiger partial charge in [-0.1, -0.05) is 30.3 Å². The van der Waals surface area contributed by atoms with Crippen molar-refractivity contribution in [1.29, 1.82) is 0 Å². The van der Waals surface area contributed by atoms with Crippen LogP contribution in [0.25, 0.3) is 0 Å². The summed E-state index contributed by atoms with van der Waals surface area (Å²) in [6.07, 6.45) is 0. The molecule has 1 heterocycles. The lowest BCUT2D eigenvalue weighted by atomic mass is 10.1. The van der Waals surface area contributed by atoms with E-state index in [1.165, 1.54) is 0 Å². The van der Waals surface area contributed by atoms with Gasteiger partial charge in [-0.05, 0) is 5.56 Å². The van der Waals surface area contributed by atoms with Gasteiger partial charge in [-0.2, -0.15) is 0 Å². The normalized spacial score (nSPS) is 21.3. The van der Waals surface area contributed by atoms with E-state index in [1.807, 2.05) is 30.3 Å². The summed E-state index contributed by atoms with van der Waals surface area (Å²) in [5.74, 6) is -0.141. The molecule has 1 fully saturated rings. The topological polar surface area (TPSA) is 70.6 Å². The van der Waals surface area contributed by atoms with Crippen molar-refractivity contribution in [1.82, 2.24) is 10.6 Å². The van der Waals surface area contributed by atoms with Crippen molar-refractivity contribution in [3.05, 3.63) is 35.9 Å². The molecule has 0 aromatic heterocycles. The maximum Gasteiger partial charge on any atom is 0.240 e. The summed E-state index contributed by atoms with van der Waals surface area (Å²) in [5.41, 5.74) is 0.894. The minimum Gasteiger partial charge on any atom is -0.394 e. The van der Waals surface area contributed by atoms with Gasteiger partial charge in [0.2, 0.25) is 5.91 Å². The lowest BCUT2D eigenvalue weighted by Crippen LogP contribution is -2.52. The molecule has 0 aliphatic carbocycles. The fourth-order valence-corrected chi connectivity index (χ4v) is 1.93. The highest BCUT2D eigenvalue weighted by molar-refractivity contribution is 5.82. The first kappa shape index (κ1) is 13.0. The molecule has 1 aliphatic rings. The van der Waals surface area contributed by atoms with Gasteiger partial charge >= 0.3 is 0 Å². The van der Waals surface area contributed by atoms with E-state index in [1.54, 1.807) is 0 Å². The zero-order valence-electron chi connectivity index (χ0n) is 10.1. The summed E-state index contributed by atoms with van der Waals surface area (Å²) in [7, 11) is 0. The molecule has 1 amide bonds. The largest absolute Gasteiger partial charge is 0.394 e. The predicted octanol–water partition coefficient (Wildman–Crippen LogP) is -0.175. The lowest BCUT2D eigenvalue weighted by Gasteiger charge is -2.25. The quantitative estimate of drug-likeness (QED) is 0.693. The monoisotopic (exact) mass is 250 g/mol. The third-order valence-electron chi connectivity index (χ3n) is 2.94. The third kappa shape index (κ3) is 3.29. The number of aliphatic hydroxyl groups excluding tert-OH is 1. The minimum atomic E-state index is -0.373. The number of amides is 1. The maximum atomic E-state index is 12.0. The van der Waals surface area contributed by atoms with Gasteiger partial charge in [0.25, 0.3) is 0 Å². The lowest BCUT2D eigenvalue weighted by molar-refractivity contribution is -0.127. The molecule has 0 spiro atoms. The van der Waals surface area contributed by atoms with Crippen molar-refractivity contribution in [2.24, 2.45) is 0 Å². The Balaban J connectivity index is 1.95. The van der Waals surface area contributed by atoms with Crippen LogP contribution in [0.2, 0.25) is 0 Å². The van der Waals surface area contributed by atoms with Crippen LogP contribution in [0.5, 0.6) is 0 Å². The molecule has 98 valence electrons. The molecule has 2 unspecified atom stereocenters. The van der Waals surface area contributed by atoms with Gasteiger partial charge in [0.05, 0.1) is 25.9 Å². The first-order valence-corrected chi connectivity index (χ1v) is 6.08. The molecule has 5 heteroatoms. The van der Waals surface area contributed by atoms with E-state index in [9.17, 15) is 9.90 Å².